The molecule has 0 aliphatic rings. The van der Waals surface area contributed by atoms with Crippen LogP contribution in [-0.4, -0.2) is 20.5 Å². The van der Waals surface area contributed by atoms with Crippen LogP contribution < -0.4 is 5.32 Å². The molecule has 5 nitrogen and oxygen atoms in total. The van der Waals surface area contributed by atoms with Gasteiger partial charge in [0.25, 0.3) is 0 Å². The average Bonchev–Trinajstić information content (AvgIpc) is 2.78. The third kappa shape index (κ3) is 2.60. The summed E-state index contributed by atoms with van der Waals surface area (Å²) < 4.78 is 15.4. The van der Waals surface area contributed by atoms with Crippen LogP contribution in [-0.2, 0) is 4.79 Å². The number of rotatable bonds is 2. The quantitative estimate of drug-likeness (QED) is 0.787. The fraction of sp³-hybridized carbons (Fsp3) is 0.133. The van der Waals surface area contributed by atoms with Gasteiger partial charge in [0, 0.05) is 18.2 Å². The Hall–Kier alpha value is -2.76. The number of nitrogens with one attached hydrogen (secondary N) is 1. The second-order valence-electron chi connectivity index (χ2n) is 4.80. The van der Waals surface area contributed by atoms with Crippen molar-refractivity contribution < 1.29 is 9.18 Å². The van der Waals surface area contributed by atoms with Crippen LogP contribution in [0.4, 0.5) is 10.1 Å². The number of carbonyl (C=O) groups is 1. The zero-order valence-electron chi connectivity index (χ0n) is 11.6. The SMILES string of the molecule is CC(=O)Nc1cc(F)cc(-c2ccc3ncc(C)n3n2)c1. The van der Waals surface area contributed by atoms with Gasteiger partial charge in [0.1, 0.15) is 5.82 Å². The van der Waals surface area contributed by atoms with Gasteiger partial charge in [-0.15, -0.1) is 0 Å². The highest BCUT2D eigenvalue weighted by molar-refractivity contribution is 5.89. The number of halogens is 1. The largest absolute Gasteiger partial charge is 0.326 e. The summed E-state index contributed by atoms with van der Waals surface area (Å²) in [6, 6.07) is 7.93. The third-order valence-corrected chi connectivity index (χ3v) is 3.05. The Morgan fingerprint density at radius 1 is 1.29 bits per heavy atom. The molecule has 2 aromatic heterocycles. The summed E-state index contributed by atoms with van der Waals surface area (Å²) in [6.45, 7) is 3.27. The van der Waals surface area contributed by atoms with Crippen LogP contribution in [0.1, 0.15) is 12.6 Å². The summed E-state index contributed by atoms with van der Waals surface area (Å²) in [5.74, 6) is -0.680. The van der Waals surface area contributed by atoms with Crippen molar-refractivity contribution in [1.82, 2.24) is 14.6 Å². The molecule has 0 unspecified atom stereocenters. The van der Waals surface area contributed by atoms with E-state index >= 15 is 0 Å². The summed E-state index contributed by atoms with van der Waals surface area (Å²) in [5, 5.41) is 7.01. The van der Waals surface area contributed by atoms with Crippen LogP contribution in [0.25, 0.3) is 16.9 Å². The van der Waals surface area contributed by atoms with Gasteiger partial charge >= 0.3 is 0 Å². The summed E-state index contributed by atoms with van der Waals surface area (Å²) in [4.78, 5) is 15.3. The van der Waals surface area contributed by atoms with Crippen molar-refractivity contribution in [2.45, 2.75) is 13.8 Å². The Bertz CT molecular complexity index is 841. The highest BCUT2D eigenvalue weighted by Crippen LogP contribution is 2.23. The molecule has 0 radical (unpaired) electrons. The third-order valence-electron chi connectivity index (χ3n) is 3.05. The number of aromatic nitrogens is 3. The Morgan fingerprint density at radius 2 is 2.10 bits per heavy atom. The number of imidazole rings is 1. The van der Waals surface area contributed by atoms with E-state index < -0.39 is 5.82 Å². The average molecular weight is 284 g/mol. The van der Waals surface area contributed by atoms with Crippen LogP contribution in [0.15, 0.2) is 36.5 Å². The molecule has 0 aliphatic heterocycles. The maximum absolute atomic E-state index is 13.7. The van der Waals surface area contributed by atoms with Crippen molar-refractivity contribution in [2.24, 2.45) is 0 Å². The highest BCUT2D eigenvalue weighted by atomic mass is 19.1. The van der Waals surface area contributed by atoms with Gasteiger partial charge in [0.05, 0.1) is 17.6 Å². The Labute approximate surface area is 120 Å². The minimum Gasteiger partial charge on any atom is -0.326 e. The fourth-order valence-electron chi connectivity index (χ4n) is 2.15. The maximum Gasteiger partial charge on any atom is 0.221 e. The topological polar surface area (TPSA) is 59.3 Å². The van der Waals surface area contributed by atoms with Gasteiger partial charge < -0.3 is 5.32 Å². The molecule has 21 heavy (non-hydrogen) atoms. The summed E-state index contributed by atoms with van der Waals surface area (Å²) in [5.41, 5.74) is 3.23. The first-order valence-electron chi connectivity index (χ1n) is 6.43. The number of benzene rings is 1. The van der Waals surface area contributed by atoms with Crippen molar-refractivity contribution in [3.63, 3.8) is 0 Å². The Balaban J connectivity index is 2.10. The van der Waals surface area contributed by atoms with Crippen molar-refractivity contribution in [1.29, 1.82) is 0 Å². The summed E-state index contributed by atoms with van der Waals surface area (Å²) >= 11 is 0. The molecule has 1 N–H and O–H groups in total. The molecule has 6 heteroatoms. The van der Waals surface area contributed by atoms with Crippen molar-refractivity contribution >= 4 is 17.2 Å². The van der Waals surface area contributed by atoms with Gasteiger partial charge in [-0.25, -0.2) is 13.9 Å². The molecule has 0 bridgehead atoms. The van der Waals surface area contributed by atoms with E-state index in [1.54, 1.807) is 22.8 Å². The van der Waals surface area contributed by atoms with E-state index in [9.17, 15) is 9.18 Å². The molecule has 3 aromatic rings. The molecule has 3 rings (SSSR count). The molecular formula is C15H13FN4O. The predicted octanol–water partition coefficient (Wildman–Crippen LogP) is 2.80. The van der Waals surface area contributed by atoms with Crippen LogP contribution in [0.3, 0.4) is 0 Å². The van der Waals surface area contributed by atoms with Gasteiger partial charge in [0.15, 0.2) is 5.65 Å². The lowest BCUT2D eigenvalue weighted by atomic mass is 10.1. The van der Waals surface area contributed by atoms with Crippen LogP contribution in [0.2, 0.25) is 0 Å². The molecule has 1 amide bonds. The number of fused-ring (bicyclic) bond motifs is 1. The van der Waals surface area contributed by atoms with Crippen LogP contribution in [0.5, 0.6) is 0 Å². The second kappa shape index (κ2) is 4.97. The first-order chi connectivity index (χ1) is 10.0. The molecule has 0 aliphatic carbocycles. The van der Waals surface area contributed by atoms with Gasteiger partial charge in [-0.1, -0.05) is 0 Å². The van der Waals surface area contributed by atoms with E-state index in [1.807, 2.05) is 13.0 Å². The molecule has 0 fully saturated rings. The minimum atomic E-state index is -0.430. The monoisotopic (exact) mass is 284 g/mol. The minimum absolute atomic E-state index is 0.250. The number of anilines is 1. The van der Waals surface area contributed by atoms with E-state index in [0.717, 1.165) is 11.3 Å². The zero-order valence-corrected chi connectivity index (χ0v) is 11.6. The number of hydrogen-bond acceptors (Lipinski definition) is 3. The zero-order chi connectivity index (χ0) is 15.0. The maximum atomic E-state index is 13.7. The molecule has 106 valence electrons. The number of nitrogens with zero attached hydrogens (tertiary/aromatic N) is 3. The molecule has 0 atom stereocenters. The number of amides is 1. The Kier molecular flexibility index (Phi) is 3.13. The molecule has 0 saturated carbocycles. The lowest BCUT2D eigenvalue weighted by Crippen LogP contribution is -2.06. The van der Waals surface area contributed by atoms with Crippen LogP contribution >= 0.6 is 0 Å². The number of hydrogen-bond donors (Lipinski definition) is 1. The van der Waals surface area contributed by atoms with Crippen molar-refractivity contribution in [2.75, 3.05) is 5.32 Å². The molecule has 0 saturated heterocycles. The number of aryl methyl sites for hydroxylation is 1. The Morgan fingerprint density at radius 3 is 2.86 bits per heavy atom. The van der Waals surface area contributed by atoms with E-state index in [0.29, 0.717) is 16.9 Å². The smallest absolute Gasteiger partial charge is 0.221 e. The molecular weight excluding hydrogens is 271 g/mol. The van der Waals surface area contributed by atoms with Gasteiger partial charge in [0.2, 0.25) is 5.91 Å². The first-order valence-corrected chi connectivity index (χ1v) is 6.43. The van der Waals surface area contributed by atoms with E-state index in [-0.39, 0.29) is 5.91 Å². The van der Waals surface area contributed by atoms with Gasteiger partial charge in [-0.05, 0) is 37.3 Å². The van der Waals surface area contributed by atoms with Crippen LogP contribution in [0, 0.1) is 12.7 Å². The lowest BCUT2D eigenvalue weighted by Gasteiger charge is -2.07. The van der Waals surface area contributed by atoms with Crippen molar-refractivity contribution in [3.8, 4) is 11.3 Å². The van der Waals surface area contributed by atoms with E-state index in [1.165, 1.54) is 19.1 Å². The van der Waals surface area contributed by atoms with E-state index in [2.05, 4.69) is 15.4 Å². The number of carbonyl (C=O) groups excluding carboxylic acids is 1. The summed E-state index contributed by atoms with van der Waals surface area (Å²) in [7, 11) is 0. The van der Waals surface area contributed by atoms with Gasteiger partial charge in [-0.2, -0.15) is 5.10 Å². The normalized spacial score (nSPS) is 10.8. The predicted molar refractivity (Wildman–Crippen MR) is 77.4 cm³/mol. The highest BCUT2D eigenvalue weighted by Gasteiger charge is 2.08. The van der Waals surface area contributed by atoms with Crippen molar-refractivity contribution in [3.05, 3.63) is 48.0 Å². The fourth-order valence-corrected chi connectivity index (χ4v) is 2.15. The molecule has 2 heterocycles. The molecule has 1 aromatic carbocycles. The standard InChI is InChI=1S/C15H13FN4O/c1-9-8-17-15-4-3-14(19-20(9)15)11-5-12(16)7-13(6-11)18-10(2)21/h3-8H,1-2H3,(H,18,21). The van der Waals surface area contributed by atoms with E-state index in [4.69, 9.17) is 0 Å². The molecule has 0 spiro atoms. The van der Waals surface area contributed by atoms with Gasteiger partial charge in [-0.3, -0.25) is 4.79 Å². The first kappa shape index (κ1) is 13.2. The summed E-state index contributed by atoms with van der Waals surface area (Å²) in [6.07, 6.45) is 1.72. The lowest BCUT2D eigenvalue weighted by molar-refractivity contribution is -0.114. The second-order valence-corrected chi connectivity index (χ2v) is 4.80.